The fourth-order valence-electron chi connectivity index (χ4n) is 2.20. The van der Waals surface area contributed by atoms with Crippen LogP contribution in [0.5, 0.6) is 11.5 Å². The first-order chi connectivity index (χ1) is 11.5. The zero-order valence-corrected chi connectivity index (χ0v) is 14.6. The number of nitrogens with one attached hydrogen (secondary N) is 2. The number of anilines is 1. The van der Waals surface area contributed by atoms with Crippen molar-refractivity contribution in [3.8, 4) is 11.5 Å². The number of rotatable bonds is 11. The Morgan fingerprint density at radius 2 is 2.08 bits per heavy atom. The number of ether oxygens (including phenoxy) is 2. The van der Waals surface area contributed by atoms with Crippen molar-refractivity contribution in [3.05, 3.63) is 17.7 Å². The van der Waals surface area contributed by atoms with E-state index in [-0.39, 0.29) is 19.1 Å². The van der Waals surface area contributed by atoms with Gasteiger partial charge in [0.25, 0.3) is 0 Å². The number of carbonyl (C=O) groups excluding carboxylic acids is 1. The summed E-state index contributed by atoms with van der Waals surface area (Å²) in [5.74, 6) is 1.07. The molecule has 0 bridgehead atoms. The van der Waals surface area contributed by atoms with Crippen LogP contribution in [0.15, 0.2) is 12.1 Å². The molecule has 0 aromatic heterocycles. The van der Waals surface area contributed by atoms with Crippen LogP contribution in [0.3, 0.4) is 0 Å². The number of amides is 1. The Kier molecular flexibility index (Phi) is 8.96. The molecule has 0 radical (unpaired) electrons. The molecule has 1 amide bonds. The zero-order chi connectivity index (χ0) is 17.9. The number of methoxy groups -OCH3 is 1. The third kappa shape index (κ3) is 6.64. The van der Waals surface area contributed by atoms with Crippen LogP contribution in [0.2, 0.25) is 0 Å². The van der Waals surface area contributed by atoms with E-state index < -0.39 is 6.10 Å². The van der Waals surface area contributed by atoms with Gasteiger partial charge in [0.15, 0.2) is 11.5 Å². The van der Waals surface area contributed by atoms with E-state index in [0.717, 1.165) is 24.1 Å². The van der Waals surface area contributed by atoms with Crippen molar-refractivity contribution in [2.45, 2.75) is 32.8 Å². The molecule has 1 rings (SSSR count). The van der Waals surface area contributed by atoms with Crippen molar-refractivity contribution in [1.82, 2.24) is 5.32 Å². The number of aryl methyl sites for hydroxylation is 1. The number of benzene rings is 1. The number of aliphatic hydroxyl groups excluding tert-OH is 2. The molecule has 0 saturated heterocycles. The van der Waals surface area contributed by atoms with E-state index in [1.54, 1.807) is 7.11 Å². The molecule has 7 heteroatoms. The summed E-state index contributed by atoms with van der Waals surface area (Å²) in [6, 6.07) is 3.73. The molecule has 0 fully saturated rings. The Morgan fingerprint density at radius 1 is 1.33 bits per heavy atom. The summed E-state index contributed by atoms with van der Waals surface area (Å²) < 4.78 is 11.1. The van der Waals surface area contributed by atoms with Crippen LogP contribution >= 0.6 is 0 Å². The third-order valence-corrected chi connectivity index (χ3v) is 3.38. The lowest BCUT2D eigenvalue weighted by molar-refractivity contribution is -0.119. The molecule has 136 valence electrons. The van der Waals surface area contributed by atoms with Gasteiger partial charge in [-0.25, -0.2) is 0 Å². The van der Waals surface area contributed by atoms with E-state index in [0.29, 0.717) is 24.7 Å². The lowest BCUT2D eigenvalue weighted by Gasteiger charge is -2.18. The molecule has 4 N–H and O–H groups in total. The van der Waals surface area contributed by atoms with Gasteiger partial charge in [-0.2, -0.15) is 0 Å². The summed E-state index contributed by atoms with van der Waals surface area (Å²) in [6.45, 7) is 4.20. The Labute approximate surface area is 143 Å². The maximum absolute atomic E-state index is 10.9. The molecular weight excluding hydrogens is 312 g/mol. The van der Waals surface area contributed by atoms with Gasteiger partial charge in [0.05, 0.1) is 26.4 Å². The first-order valence-electron chi connectivity index (χ1n) is 8.12. The second kappa shape index (κ2) is 10.7. The van der Waals surface area contributed by atoms with E-state index in [1.807, 2.05) is 12.1 Å². The van der Waals surface area contributed by atoms with Crippen molar-refractivity contribution in [2.75, 3.05) is 38.7 Å². The van der Waals surface area contributed by atoms with Crippen LogP contribution in [0.4, 0.5) is 5.69 Å². The van der Waals surface area contributed by atoms with Crippen molar-refractivity contribution in [2.24, 2.45) is 0 Å². The van der Waals surface area contributed by atoms with Gasteiger partial charge in [-0.1, -0.05) is 13.3 Å². The lowest BCUT2D eigenvalue weighted by Crippen LogP contribution is -2.25. The second-order valence-corrected chi connectivity index (χ2v) is 5.46. The van der Waals surface area contributed by atoms with Crippen LogP contribution in [-0.2, 0) is 11.2 Å². The maximum atomic E-state index is 10.9. The van der Waals surface area contributed by atoms with Gasteiger partial charge in [0.2, 0.25) is 5.91 Å². The molecule has 1 unspecified atom stereocenters. The summed E-state index contributed by atoms with van der Waals surface area (Å²) in [7, 11) is 1.58. The van der Waals surface area contributed by atoms with Crippen LogP contribution in [-0.4, -0.2) is 55.6 Å². The van der Waals surface area contributed by atoms with Crippen molar-refractivity contribution >= 4 is 11.6 Å². The van der Waals surface area contributed by atoms with Crippen molar-refractivity contribution in [1.29, 1.82) is 0 Å². The fourth-order valence-corrected chi connectivity index (χ4v) is 2.20. The minimum atomic E-state index is -0.828. The Morgan fingerprint density at radius 3 is 2.67 bits per heavy atom. The molecule has 1 atom stereocenters. The summed E-state index contributed by atoms with van der Waals surface area (Å²) in [6.07, 6.45) is 0.981. The highest BCUT2D eigenvalue weighted by Gasteiger charge is 2.12. The number of hydrogen-bond acceptors (Lipinski definition) is 6. The van der Waals surface area contributed by atoms with Gasteiger partial charge in [-0.05, 0) is 18.1 Å². The van der Waals surface area contributed by atoms with E-state index >= 15 is 0 Å². The van der Waals surface area contributed by atoms with Gasteiger partial charge >= 0.3 is 0 Å². The van der Waals surface area contributed by atoms with Crippen LogP contribution in [0.25, 0.3) is 0 Å². The molecule has 0 aliphatic carbocycles. The van der Waals surface area contributed by atoms with Crippen LogP contribution < -0.4 is 20.1 Å². The Bertz CT molecular complexity index is 522. The van der Waals surface area contributed by atoms with Crippen LogP contribution in [0, 0.1) is 0 Å². The standard InChI is InChI=1S/C17H28N2O5/c1-4-5-13-8-16(23-3)17(24-7-6-18-12(2)21)9-15(13)19-10-14(22)11-20/h8-9,14,19-20,22H,4-7,10-11H2,1-3H3,(H,18,21). The van der Waals surface area contributed by atoms with E-state index in [9.17, 15) is 9.90 Å². The molecule has 1 aromatic carbocycles. The highest BCUT2D eigenvalue weighted by molar-refractivity contribution is 5.72. The molecule has 0 spiro atoms. The van der Waals surface area contributed by atoms with Gasteiger partial charge in [0, 0.05) is 25.2 Å². The molecule has 7 nitrogen and oxygen atoms in total. The highest BCUT2D eigenvalue weighted by Crippen LogP contribution is 2.34. The fraction of sp³-hybridized carbons (Fsp3) is 0.588. The second-order valence-electron chi connectivity index (χ2n) is 5.46. The quantitative estimate of drug-likeness (QED) is 0.447. The number of carbonyl (C=O) groups is 1. The smallest absolute Gasteiger partial charge is 0.216 e. The molecule has 0 saturated carbocycles. The highest BCUT2D eigenvalue weighted by atomic mass is 16.5. The predicted octanol–water partition coefficient (Wildman–Crippen LogP) is 0.928. The Hall–Kier alpha value is -1.99. The molecule has 24 heavy (non-hydrogen) atoms. The zero-order valence-electron chi connectivity index (χ0n) is 14.6. The van der Waals surface area contributed by atoms with Crippen molar-refractivity contribution < 1.29 is 24.5 Å². The lowest BCUT2D eigenvalue weighted by atomic mass is 10.1. The largest absolute Gasteiger partial charge is 0.493 e. The topological polar surface area (TPSA) is 100 Å². The summed E-state index contributed by atoms with van der Waals surface area (Å²) in [5.41, 5.74) is 1.88. The number of aliphatic hydroxyl groups is 2. The predicted molar refractivity (Wildman–Crippen MR) is 92.8 cm³/mol. The summed E-state index contributed by atoms with van der Waals surface area (Å²) in [5, 5.41) is 24.3. The average molecular weight is 340 g/mol. The molecule has 1 aromatic rings. The maximum Gasteiger partial charge on any atom is 0.216 e. The number of hydrogen-bond donors (Lipinski definition) is 4. The van der Waals surface area contributed by atoms with Gasteiger partial charge in [-0.15, -0.1) is 0 Å². The first-order valence-corrected chi connectivity index (χ1v) is 8.12. The van der Waals surface area contributed by atoms with Gasteiger partial charge < -0.3 is 30.3 Å². The van der Waals surface area contributed by atoms with Gasteiger partial charge in [0.1, 0.15) is 6.61 Å². The van der Waals surface area contributed by atoms with E-state index in [1.165, 1.54) is 6.92 Å². The van der Waals surface area contributed by atoms with E-state index in [2.05, 4.69) is 17.6 Å². The molecule has 0 aliphatic heterocycles. The third-order valence-electron chi connectivity index (χ3n) is 3.38. The van der Waals surface area contributed by atoms with Crippen molar-refractivity contribution in [3.63, 3.8) is 0 Å². The summed E-state index contributed by atoms with van der Waals surface area (Å²) in [4.78, 5) is 10.9. The Balaban J connectivity index is 2.89. The average Bonchev–Trinajstić information content (AvgIpc) is 2.57. The minimum Gasteiger partial charge on any atom is -0.493 e. The normalized spacial score (nSPS) is 11.7. The molecule has 0 heterocycles. The van der Waals surface area contributed by atoms with Gasteiger partial charge in [-0.3, -0.25) is 4.79 Å². The molecular formula is C17H28N2O5. The SMILES string of the molecule is CCCc1cc(OC)c(OCCNC(C)=O)cc1NCC(O)CO. The van der Waals surface area contributed by atoms with E-state index in [4.69, 9.17) is 14.6 Å². The monoisotopic (exact) mass is 340 g/mol. The summed E-state index contributed by atoms with van der Waals surface area (Å²) >= 11 is 0. The van der Waals surface area contributed by atoms with Crippen LogP contribution in [0.1, 0.15) is 25.8 Å². The first kappa shape index (κ1) is 20.1. The molecule has 0 aliphatic rings. The minimum absolute atomic E-state index is 0.107.